The van der Waals surface area contributed by atoms with Gasteiger partial charge in [-0.1, -0.05) is 11.8 Å². The molecular formula is C14H18N2O3S. The van der Waals surface area contributed by atoms with Crippen LogP contribution in [0, 0.1) is 18.8 Å². The summed E-state index contributed by atoms with van der Waals surface area (Å²) in [4.78, 5) is 11.8. The van der Waals surface area contributed by atoms with Gasteiger partial charge in [-0.05, 0) is 37.6 Å². The third-order valence-electron chi connectivity index (χ3n) is 2.83. The van der Waals surface area contributed by atoms with Crippen LogP contribution in [0.5, 0.6) is 0 Å². The lowest BCUT2D eigenvalue weighted by Gasteiger charge is -2.11. The molecule has 0 aliphatic heterocycles. The summed E-state index contributed by atoms with van der Waals surface area (Å²) in [6.45, 7) is 3.50. The maximum absolute atomic E-state index is 11.8. The minimum absolute atomic E-state index is 0.282. The van der Waals surface area contributed by atoms with Crippen LogP contribution in [0.1, 0.15) is 18.1 Å². The third-order valence-corrected chi connectivity index (χ3v) is 4.33. The van der Waals surface area contributed by atoms with E-state index in [4.69, 9.17) is 5.73 Å². The number of hydrogen-bond donors (Lipinski definition) is 2. The first-order chi connectivity index (χ1) is 9.25. The average molecular weight is 294 g/mol. The third kappa shape index (κ3) is 4.37. The largest absolute Gasteiger partial charge is 0.325 e. The summed E-state index contributed by atoms with van der Waals surface area (Å²) >= 11 is 0. The summed E-state index contributed by atoms with van der Waals surface area (Å²) in [6.07, 6.45) is 1.04. The van der Waals surface area contributed by atoms with E-state index in [9.17, 15) is 13.2 Å². The fraction of sp³-hybridized carbons (Fsp3) is 0.357. The van der Waals surface area contributed by atoms with E-state index in [1.807, 2.05) is 6.92 Å². The molecular weight excluding hydrogens is 276 g/mol. The summed E-state index contributed by atoms with van der Waals surface area (Å²) in [5.41, 5.74) is 7.56. The van der Waals surface area contributed by atoms with Crippen LogP contribution in [-0.2, 0) is 14.6 Å². The number of anilines is 1. The van der Waals surface area contributed by atoms with Gasteiger partial charge in [-0.25, -0.2) is 8.42 Å². The fourth-order valence-corrected chi connectivity index (χ4v) is 1.91. The molecule has 0 aliphatic carbocycles. The second kappa shape index (κ2) is 6.55. The van der Waals surface area contributed by atoms with E-state index < -0.39 is 21.0 Å². The number of nitrogens with one attached hydrogen (secondary N) is 1. The van der Waals surface area contributed by atoms with E-state index >= 15 is 0 Å². The van der Waals surface area contributed by atoms with Gasteiger partial charge in [0, 0.05) is 17.5 Å². The number of benzene rings is 1. The zero-order valence-electron chi connectivity index (χ0n) is 11.7. The highest BCUT2D eigenvalue weighted by Crippen LogP contribution is 2.15. The first kappa shape index (κ1) is 16.2. The van der Waals surface area contributed by atoms with Crippen molar-refractivity contribution in [3.8, 4) is 11.8 Å². The van der Waals surface area contributed by atoms with Crippen molar-refractivity contribution in [2.45, 2.75) is 19.1 Å². The smallest absolute Gasteiger partial charge is 0.242 e. The highest BCUT2D eigenvalue weighted by molar-refractivity contribution is 7.92. The van der Waals surface area contributed by atoms with Crippen molar-refractivity contribution in [3.63, 3.8) is 0 Å². The van der Waals surface area contributed by atoms with Crippen molar-refractivity contribution in [1.29, 1.82) is 0 Å². The zero-order chi connectivity index (χ0) is 15.3. The van der Waals surface area contributed by atoms with Gasteiger partial charge in [0.2, 0.25) is 5.91 Å². The average Bonchev–Trinajstić information content (AvgIpc) is 2.35. The number of aryl methyl sites for hydroxylation is 1. The summed E-state index contributed by atoms with van der Waals surface area (Å²) in [5, 5.41) is 1.50. The SMILES string of the molecule is Cc1cc(NC(=O)C(C)S(C)(=O)=O)ccc1C#CCN. The number of amides is 1. The Morgan fingerprint density at radius 2 is 2.10 bits per heavy atom. The first-order valence-corrected chi connectivity index (χ1v) is 8.00. The predicted molar refractivity (Wildman–Crippen MR) is 80.0 cm³/mol. The molecule has 3 N–H and O–H groups in total. The van der Waals surface area contributed by atoms with E-state index in [0.717, 1.165) is 17.4 Å². The number of sulfone groups is 1. The van der Waals surface area contributed by atoms with E-state index in [-0.39, 0.29) is 6.54 Å². The van der Waals surface area contributed by atoms with Crippen molar-refractivity contribution in [1.82, 2.24) is 0 Å². The van der Waals surface area contributed by atoms with Crippen molar-refractivity contribution in [2.24, 2.45) is 5.73 Å². The zero-order valence-corrected chi connectivity index (χ0v) is 12.5. The van der Waals surface area contributed by atoms with E-state index in [0.29, 0.717) is 5.69 Å². The fourth-order valence-electron chi connectivity index (χ4n) is 1.47. The molecule has 0 radical (unpaired) electrons. The van der Waals surface area contributed by atoms with Gasteiger partial charge < -0.3 is 11.1 Å². The number of carbonyl (C=O) groups excluding carboxylic acids is 1. The molecule has 1 rings (SSSR count). The second-order valence-corrected chi connectivity index (χ2v) is 6.86. The molecule has 0 aromatic heterocycles. The molecule has 0 spiro atoms. The van der Waals surface area contributed by atoms with Gasteiger partial charge in [0.25, 0.3) is 0 Å². The van der Waals surface area contributed by atoms with Crippen molar-refractivity contribution in [2.75, 3.05) is 18.1 Å². The van der Waals surface area contributed by atoms with Crippen LogP contribution in [0.15, 0.2) is 18.2 Å². The Labute approximate surface area is 119 Å². The summed E-state index contributed by atoms with van der Waals surface area (Å²) < 4.78 is 22.6. The Morgan fingerprint density at radius 3 is 2.60 bits per heavy atom. The van der Waals surface area contributed by atoms with Crippen LogP contribution in [0.25, 0.3) is 0 Å². The van der Waals surface area contributed by atoms with Gasteiger partial charge in [-0.3, -0.25) is 4.79 Å². The minimum Gasteiger partial charge on any atom is -0.325 e. The number of hydrogen-bond acceptors (Lipinski definition) is 4. The van der Waals surface area contributed by atoms with Crippen LogP contribution < -0.4 is 11.1 Å². The Kier molecular flexibility index (Phi) is 5.31. The molecule has 0 bridgehead atoms. The van der Waals surface area contributed by atoms with Crippen LogP contribution in [0.3, 0.4) is 0 Å². The molecule has 0 saturated carbocycles. The van der Waals surface area contributed by atoms with E-state index in [1.54, 1.807) is 18.2 Å². The van der Waals surface area contributed by atoms with Crippen LogP contribution in [-0.4, -0.2) is 32.4 Å². The van der Waals surface area contributed by atoms with Crippen molar-refractivity contribution in [3.05, 3.63) is 29.3 Å². The lowest BCUT2D eigenvalue weighted by Crippen LogP contribution is -2.31. The second-order valence-electron chi connectivity index (χ2n) is 4.50. The topological polar surface area (TPSA) is 89.3 Å². The highest BCUT2D eigenvalue weighted by atomic mass is 32.2. The molecule has 108 valence electrons. The lowest BCUT2D eigenvalue weighted by atomic mass is 10.1. The number of rotatable bonds is 3. The standard InChI is InChI=1S/C14H18N2O3S/c1-10-9-13(7-6-12(10)5-4-8-15)16-14(17)11(2)20(3,18)19/h6-7,9,11H,8,15H2,1-3H3,(H,16,17). The van der Waals surface area contributed by atoms with Gasteiger partial charge in [0.1, 0.15) is 5.25 Å². The highest BCUT2D eigenvalue weighted by Gasteiger charge is 2.23. The molecule has 1 amide bonds. The Hall–Kier alpha value is -1.84. The maximum Gasteiger partial charge on any atom is 0.242 e. The monoisotopic (exact) mass is 294 g/mol. The Morgan fingerprint density at radius 1 is 1.45 bits per heavy atom. The van der Waals surface area contributed by atoms with Gasteiger partial charge in [0.05, 0.1) is 6.54 Å². The lowest BCUT2D eigenvalue weighted by molar-refractivity contribution is -0.115. The van der Waals surface area contributed by atoms with Crippen LogP contribution >= 0.6 is 0 Å². The molecule has 0 heterocycles. The van der Waals surface area contributed by atoms with Crippen molar-refractivity contribution >= 4 is 21.4 Å². The molecule has 20 heavy (non-hydrogen) atoms. The van der Waals surface area contributed by atoms with Gasteiger partial charge >= 0.3 is 0 Å². The Bertz CT molecular complexity index is 669. The number of nitrogens with two attached hydrogens (primary N) is 1. The first-order valence-electron chi connectivity index (χ1n) is 6.05. The summed E-state index contributed by atoms with van der Waals surface area (Å²) in [6, 6.07) is 5.19. The van der Waals surface area contributed by atoms with Crippen LogP contribution in [0.2, 0.25) is 0 Å². The molecule has 6 heteroatoms. The minimum atomic E-state index is -3.40. The van der Waals surface area contributed by atoms with Gasteiger partial charge in [0.15, 0.2) is 9.84 Å². The van der Waals surface area contributed by atoms with Crippen molar-refractivity contribution < 1.29 is 13.2 Å². The molecule has 0 saturated heterocycles. The predicted octanol–water partition coefficient (Wildman–Crippen LogP) is 0.677. The quantitative estimate of drug-likeness (QED) is 0.802. The molecule has 5 nitrogen and oxygen atoms in total. The summed E-state index contributed by atoms with van der Waals surface area (Å²) in [7, 11) is -3.40. The normalized spacial score (nSPS) is 12.2. The Balaban J connectivity index is 2.90. The molecule has 0 aliphatic rings. The summed E-state index contributed by atoms with van der Waals surface area (Å²) in [5.74, 6) is 5.12. The molecule has 1 aromatic rings. The van der Waals surface area contributed by atoms with E-state index in [1.165, 1.54) is 6.92 Å². The maximum atomic E-state index is 11.8. The molecule has 1 unspecified atom stereocenters. The van der Waals surface area contributed by atoms with E-state index in [2.05, 4.69) is 17.2 Å². The molecule has 0 fully saturated rings. The molecule has 1 aromatic carbocycles. The van der Waals surface area contributed by atoms with Gasteiger partial charge in [-0.2, -0.15) is 0 Å². The van der Waals surface area contributed by atoms with Gasteiger partial charge in [-0.15, -0.1) is 0 Å². The molecule has 1 atom stereocenters. The number of carbonyl (C=O) groups is 1. The van der Waals surface area contributed by atoms with Crippen LogP contribution in [0.4, 0.5) is 5.69 Å².